The van der Waals surface area contributed by atoms with Gasteiger partial charge in [0.05, 0.1) is 11.4 Å². The zero-order chi connectivity index (χ0) is 11.2. The maximum absolute atomic E-state index is 9.88. The monoisotopic (exact) mass is 200 g/mol. The molecule has 2 atom stereocenters. The van der Waals surface area contributed by atoms with Crippen LogP contribution in [0, 0.1) is 5.92 Å². The summed E-state index contributed by atoms with van der Waals surface area (Å²) in [5.41, 5.74) is -0.536. The fourth-order valence-corrected chi connectivity index (χ4v) is 1.62. The van der Waals surface area contributed by atoms with Gasteiger partial charge < -0.3 is 10.2 Å². The van der Waals surface area contributed by atoms with E-state index in [-0.39, 0.29) is 11.7 Å². The van der Waals surface area contributed by atoms with Gasteiger partial charge in [0.2, 0.25) is 0 Å². The van der Waals surface area contributed by atoms with Crippen molar-refractivity contribution in [2.75, 3.05) is 0 Å². The predicted molar refractivity (Wildman–Crippen MR) is 60.3 cm³/mol. The number of rotatable bonds is 7. The summed E-state index contributed by atoms with van der Waals surface area (Å²) in [6.45, 7) is 9.41. The normalized spacial score (nSPS) is 17.4. The van der Waals surface area contributed by atoms with Crippen molar-refractivity contribution in [2.24, 2.45) is 5.92 Å². The first-order chi connectivity index (χ1) is 6.39. The molecule has 0 aromatic heterocycles. The van der Waals surface area contributed by atoms with Gasteiger partial charge in [-0.15, -0.1) is 0 Å². The minimum Gasteiger partial charge on any atom is -0.513 e. The second-order valence-electron chi connectivity index (χ2n) is 4.53. The Hall–Kier alpha value is -0.500. The molecule has 0 bridgehead atoms. The van der Waals surface area contributed by atoms with Crippen molar-refractivity contribution in [3.8, 4) is 0 Å². The van der Waals surface area contributed by atoms with Gasteiger partial charge in [-0.3, -0.25) is 0 Å². The Morgan fingerprint density at radius 2 is 2.00 bits per heavy atom. The number of hydrogen-bond acceptors (Lipinski definition) is 2. The molecule has 2 unspecified atom stereocenters. The summed E-state index contributed by atoms with van der Waals surface area (Å²) < 4.78 is 0. The van der Waals surface area contributed by atoms with Crippen molar-refractivity contribution < 1.29 is 10.2 Å². The van der Waals surface area contributed by atoms with E-state index in [1.807, 2.05) is 13.8 Å². The third kappa shape index (κ3) is 6.03. The van der Waals surface area contributed by atoms with Crippen LogP contribution in [0.3, 0.4) is 0 Å². The van der Waals surface area contributed by atoms with Crippen molar-refractivity contribution in [1.29, 1.82) is 0 Å². The van der Waals surface area contributed by atoms with E-state index in [0.29, 0.717) is 0 Å². The molecule has 0 radical (unpaired) electrons. The molecule has 2 N–H and O–H groups in total. The molecule has 14 heavy (non-hydrogen) atoms. The number of aliphatic hydroxyl groups is 2. The van der Waals surface area contributed by atoms with Gasteiger partial charge in [0.15, 0.2) is 0 Å². The summed E-state index contributed by atoms with van der Waals surface area (Å²) in [5.74, 6) is 0.396. The Morgan fingerprint density at radius 1 is 1.43 bits per heavy atom. The van der Waals surface area contributed by atoms with Crippen LogP contribution < -0.4 is 0 Å². The Labute approximate surface area is 87.7 Å². The lowest BCUT2D eigenvalue weighted by atomic mass is 9.91. The zero-order valence-electron chi connectivity index (χ0n) is 9.71. The van der Waals surface area contributed by atoms with E-state index >= 15 is 0 Å². The summed E-state index contributed by atoms with van der Waals surface area (Å²) in [6.07, 6.45) is 4.50. The molecule has 84 valence electrons. The fourth-order valence-electron chi connectivity index (χ4n) is 1.62. The Balaban J connectivity index is 3.67. The molecule has 0 saturated carbocycles. The minimum absolute atomic E-state index is 0.146. The van der Waals surface area contributed by atoms with Gasteiger partial charge in [-0.2, -0.15) is 0 Å². The third-order valence-corrected chi connectivity index (χ3v) is 2.71. The lowest BCUT2D eigenvalue weighted by Crippen LogP contribution is -2.23. The van der Waals surface area contributed by atoms with E-state index in [9.17, 15) is 5.11 Å². The lowest BCUT2D eigenvalue weighted by Gasteiger charge is -2.23. The van der Waals surface area contributed by atoms with E-state index in [4.69, 9.17) is 5.11 Å². The third-order valence-electron chi connectivity index (χ3n) is 2.71. The number of allylic oxidation sites excluding steroid dienone is 1. The first-order valence-electron chi connectivity index (χ1n) is 5.49. The smallest absolute Gasteiger partial charge is 0.0879 e. The standard InChI is InChI=1S/C12H24O2/c1-5-8-12(4,14)9-6-7-10(2)11(3)13/h10,13-14H,3,5-9H2,1-2,4H3. The second kappa shape index (κ2) is 6.07. The van der Waals surface area contributed by atoms with E-state index in [0.717, 1.165) is 32.1 Å². The largest absolute Gasteiger partial charge is 0.513 e. The highest BCUT2D eigenvalue weighted by atomic mass is 16.3. The maximum atomic E-state index is 9.88. The van der Waals surface area contributed by atoms with Crippen LogP contribution in [-0.4, -0.2) is 15.8 Å². The fraction of sp³-hybridized carbons (Fsp3) is 0.833. The van der Waals surface area contributed by atoms with Crippen LogP contribution in [-0.2, 0) is 0 Å². The van der Waals surface area contributed by atoms with Crippen LogP contribution in [0.2, 0.25) is 0 Å². The molecule has 0 rings (SSSR count). The van der Waals surface area contributed by atoms with Gasteiger partial charge in [-0.05, 0) is 32.6 Å². The SMILES string of the molecule is C=C(O)C(C)CCCC(C)(O)CCC. The second-order valence-corrected chi connectivity index (χ2v) is 4.53. The summed E-state index contributed by atoms with van der Waals surface area (Å²) in [6, 6.07) is 0. The van der Waals surface area contributed by atoms with Gasteiger partial charge >= 0.3 is 0 Å². The summed E-state index contributed by atoms with van der Waals surface area (Å²) in [4.78, 5) is 0. The van der Waals surface area contributed by atoms with Gasteiger partial charge in [0, 0.05) is 5.92 Å². The van der Waals surface area contributed by atoms with E-state index in [1.54, 1.807) is 0 Å². The van der Waals surface area contributed by atoms with Gasteiger partial charge in [0.25, 0.3) is 0 Å². The molecule has 0 amide bonds. The summed E-state index contributed by atoms with van der Waals surface area (Å²) in [7, 11) is 0. The summed E-state index contributed by atoms with van der Waals surface area (Å²) >= 11 is 0. The molecule has 2 nitrogen and oxygen atoms in total. The first kappa shape index (κ1) is 13.5. The molecule has 0 aliphatic heterocycles. The summed E-state index contributed by atoms with van der Waals surface area (Å²) in [5, 5.41) is 19.0. The minimum atomic E-state index is -0.536. The quantitative estimate of drug-likeness (QED) is 0.618. The number of hydrogen-bond donors (Lipinski definition) is 2. The van der Waals surface area contributed by atoms with Crippen LogP contribution in [0.1, 0.15) is 52.9 Å². The van der Waals surface area contributed by atoms with Gasteiger partial charge in [0.1, 0.15) is 0 Å². The van der Waals surface area contributed by atoms with Crippen molar-refractivity contribution in [3.05, 3.63) is 12.3 Å². The molecule has 0 saturated heterocycles. The van der Waals surface area contributed by atoms with E-state index < -0.39 is 5.60 Å². The molecular formula is C12H24O2. The average Bonchev–Trinajstić information content (AvgIpc) is 2.03. The van der Waals surface area contributed by atoms with Crippen molar-refractivity contribution in [1.82, 2.24) is 0 Å². The lowest BCUT2D eigenvalue weighted by molar-refractivity contribution is 0.0377. The molecule has 0 fully saturated rings. The molecular weight excluding hydrogens is 176 g/mol. The molecule has 0 aliphatic carbocycles. The van der Waals surface area contributed by atoms with Gasteiger partial charge in [-0.25, -0.2) is 0 Å². The average molecular weight is 200 g/mol. The molecule has 2 heteroatoms. The van der Waals surface area contributed by atoms with E-state index in [1.165, 1.54) is 0 Å². The predicted octanol–water partition coefficient (Wildman–Crippen LogP) is 3.42. The Bertz CT molecular complexity index is 173. The zero-order valence-corrected chi connectivity index (χ0v) is 9.71. The maximum Gasteiger partial charge on any atom is 0.0879 e. The molecule has 0 heterocycles. The molecule has 0 aromatic rings. The Morgan fingerprint density at radius 3 is 2.43 bits per heavy atom. The topological polar surface area (TPSA) is 40.5 Å². The highest BCUT2D eigenvalue weighted by Gasteiger charge is 2.18. The van der Waals surface area contributed by atoms with Crippen LogP contribution in [0.15, 0.2) is 12.3 Å². The molecule has 0 aliphatic rings. The van der Waals surface area contributed by atoms with Crippen LogP contribution in [0.4, 0.5) is 0 Å². The van der Waals surface area contributed by atoms with Crippen LogP contribution >= 0.6 is 0 Å². The van der Waals surface area contributed by atoms with Crippen molar-refractivity contribution >= 4 is 0 Å². The highest BCUT2D eigenvalue weighted by molar-refractivity contribution is 4.85. The highest BCUT2D eigenvalue weighted by Crippen LogP contribution is 2.22. The van der Waals surface area contributed by atoms with Crippen LogP contribution in [0.5, 0.6) is 0 Å². The Kier molecular flexibility index (Phi) is 5.86. The van der Waals surface area contributed by atoms with Crippen LogP contribution in [0.25, 0.3) is 0 Å². The van der Waals surface area contributed by atoms with Gasteiger partial charge in [-0.1, -0.05) is 26.8 Å². The molecule has 0 aromatic carbocycles. The number of aliphatic hydroxyl groups excluding tert-OH is 1. The van der Waals surface area contributed by atoms with E-state index in [2.05, 4.69) is 13.5 Å². The molecule has 0 spiro atoms. The van der Waals surface area contributed by atoms with Crippen molar-refractivity contribution in [2.45, 2.75) is 58.5 Å². The first-order valence-corrected chi connectivity index (χ1v) is 5.49. The van der Waals surface area contributed by atoms with Crippen molar-refractivity contribution in [3.63, 3.8) is 0 Å².